The van der Waals surface area contributed by atoms with Crippen LogP contribution in [0.2, 0.25) is 0 Å². The molecular weight excluding hydrogens is 424 g/mol. The lowest BCUT2D eigenvalue weighted by atomic mass is 9.97. The summed E-state index contributed by atoms with van der Waals surface area (Å²) in [6, 6.07) is 14.0. The Labute approximate surface area is 188 Å². The Bertz CT molecular complexity index is 1270. The van der Waals surface area contributed by atoms with E-state index in [9.17, 15) is 8.42 Å². The van der Waals surface area contributed by atoms with Crippen LogP contribution in [0.1, 0.15) is 32.1 Å². The van der Waals surface area contributed by atoms with Gasteiger partial charge < -0.3 is 9.64 Å². The standard InChI is InChI=1S/C24H26N4O3S/c1-31-19-11-13-20(14-12-19)32(29,30)28-17-27(16-15-18-7-3-2-4-8-18)23-24(28)26-22-10-6-5-9-21(22)25-23/h5-7,9-14H,2-4,8,15-17H2,1H3. The molecule has 0 unspecified atom stereocenters. The lowest BCUT2D eigenvalue weighted by molar-refractivity contribution is 0.414. The second kappa shape index (κ2) is 8.43. The zero-order valence-electron chi connectivity index (χ0n) is 18.1. The number of hydrogen-bond donors (Lipinski definition) is 0. The number of para-hydroxylation sites is 2. The summed E-state index contributed by atoms with van der Waals surface area (Å²) >= 11 is 0. The molecule has 0 spiro atoms. The van der Waals surface area contributed by atoms with Crippen LogP contribution in [0.4, 0.5) is 11.6 Å². The highest BCUT2D eigenvalue weighted by Crippen LogP contribution is 2.38. The van der Waals surface area contributed by atoms with E-state index in [2.05, 4.69) is 6.08 Å². The maximum Gasteiger partial charge on any atom is 0.267 e. The average Bonchev–Trinajstić information content (AvgIpc) is 3.20. The van der Waals surface area contributed by atoms with Gasteiger partial charge in [0.2, 0.25) is 0 Å². The van der Waals surface area contributed by atoms with Crippen molar-refractivity contribution in [1.82, 2.24) is 9.97 Å². The molecule has 1 aromatic heterocycles. The van der Waals surface area contributed by atoms with Crippen molar-refractivity contribution < 1.29 is 13.2 Å². The molecule has 5 rings (SSSR count). The van der Waals surface area contributed by atoms with Gasteiger partial charge in [0, 0.05) is 6.54 Å². The Kier molecular flexibility index (Phi) is 5.46. The van der Waals surface area contributed by atoms with Gasteiger partial charge in [0.25, 0.3) is 10.0 Å². The molecule has 3 aromatic rings. The Balaban J connectivity index is 1.52. The Morgan fingerprint density at radius 3 is 2.34 bits per heavy atom. The highest BCUT2D eigenvalue weighted by atomic mass is 32.2. The van der Waals surface area contributed by atoms with Crippen LogP contribution >= 0.6 is 0 Å². The van der Waals surface area contributed by atoms with E-state index in [4.69, 9.17) is 14.7 Å². The summed E-state index contributed by atoms with van der Waals surface area (Å²) in [4.78, 5) is 11.8. The SMILES string of the molecule is COc1ccc(S(=O)(=O)N2CN(CCC3=CCCCC3)c3nc4ccccc4nc32)cc1. The normalized spacial score (nSPS) is 16.2. The summed E-state index contributed by atoms with van der Waals surface area (Å²) < 4.78 is 33.7. The minimum Gasteiger partial charge on any atom is -0.497 e. The minimum absolute atomic E-state index is 0.202. The molecule has 0 saturated heterocycles. The number of hydrogen-bond acceptors (Lipinski definition) is 6. The molecule has 1 aliphatic heterocycles. The Hall–Kier alpha value is -3.13. The highest BCUT2D eigenvalue weighted by molar-refractivity contribution is 7.92. The van der Waals surface area contributed by atoms with Crippen molar-refractivity contribution in [2.24, 2.45) is 0 Å². The number of rotatable bonds is 6. The Morgan fingerprint density at radius 2 is 1.69 bits per heavy atom. The lowest BCUT2D eigenvalue weighted by Crippen LogP contribution is -2.36. The number of allylic oxidation sites excluding steroid dienone is 1. The van der Waals surface area contributed by atoms with Crippen LogP contribution in [0.15, 0.2) is 65.1 Å². The average molecular weight is 451 g/mol. The Morgan fingerprint density at radius 1 is 0.969 bits per heavy atom. The van der Waals surface area contributed by atoms with Gasteiger partial charge in [0.15, 0.2) is 11.6 Å². The van der Waals surface area contributed by atoms with E-state index in [1.54, 1.807) is 31.4 Å². The second-order valence-corrected chi connectivity index (χ2v) is 10.0. The number of aromatic nitrogens is 2. The zero-order chi connectivity index (χ0) is 22.1. The quantitative estimate of drug-likeness (QED) is 0.515. The van der Waals surface area contributed by atoms with E-state index in [1.165, 1.54) is 22.7 Å². The molecule has 0 radical (unpaired) electrons. The molecule has 0 bridgehead atoms. The molecule has 32 heavy (non-hydrogen) atoms. The van der Waals surface area contributed by atoms with Gasteiger partial charge >= 0.3 is 0 Å². The number of benzene rings is 2. The van der Waals surface area contributed by atoms with Crippen molar-refractivity contribution in [3.05, 3.63) is 60.2 Å². The van der Waals surface area contributed by atoms with Crippen LogP contribution in [0.3, 0.4) is 0 Å². The van der Waals surface area contributed by atoms with Crippen LogP contribution in [-0.4, -0.2) is 38.7 Å². The summed E-state index contributed by atoms with van der Waals surface area (Å²) in [7, 11) is -2.25. The van der Waals surface area contributed by atoms with E-state index in [0.717, 1.165) is 24.8 Å². The molecule has 0 fully saturated rings. The molecule has 166 valence electrons. The first-order valence-corrected chi connectivity index (χ1v) is 12.4. The molecular formula is C24H26N4O3S. The van der Waals surface area contributed by atoms with E-state index < -0.39 is 10.0 Å². The van der Waals surface area contributed by atoms with Crippen LogP contribution in [0, 0.1) is 0 Å². The van der Waals surface area contributed by atoms with Crippen LogP contribution in [-0.2, 0) is 10.0 Å². The summed E-state index contributed by atoms with van der Waals surface area (Å²) in [6.45, 7) is 0.910. The van der Waals surface area contributed by atoms with Crippen molar-refractivity contribution in [2.75, 3.05) is 29.5 Å². The number of anilines is 2. The fourth-order valence-corrected chi connectivity index (χ4v) is 5.68. The van der Waals surface area contributed by atoms with Crippen molar-refractivity contribution in [3.8, 4) is 5.75 Å². The molecule has 7 nitrogen and oxygen atoms in total. The summed E-state index contributed by atoms with van der Waals surface area (Å²) in [5.41, 5.74) is 2.89. The summed E-state index contributed by atoms with van der Waals surface area (Å²) in [5.74, 6) is 1.62. The molecule has 2 aromatic carbocycles. The molecule has 0 atom stereocenters. The summed E-state index contributed by atoms with van der Waals surface area (Å²) in [5, 5.41) is 0. The van der Waals surface area contributed by atoms with E-state index in [-0.39, 0.29) is 11.6 Å². The summed E-state index contributed by atoms with van der Waals surface area (Å²) in [6.07, 6.45) is 7.97. The highest BCUT2D eigenvalue weighted by Gasteiger charge is 2.37. The van der Waals surface area contributed by atoms with E-state index in [1.807, 2.05) is 29.2 Å². The fraction of sp³-hybridized carbons (Fsp3) is 0.333. The minimum atomic E-state index is -3.80. The van der Waals surface area contributed by atoms with Gasteiger partial charge in [-0.3, -0.25) is 0 Å². The number of methoxy groups -OCH3 is 1. The number of sulfonamides is 1. The van der Waals surface area contributed by atoms with Gasteiger partial charge in [0.1, 0.15) is 12.4 Å². The maximum absolute atomic E-state index is 13.6. The maximum atomic E-state index is 13.6. The molecule has 0 saturated carbocycles. The van der Waals surface area contributed by atoms with Crippen LogP contribution in [0.25, 0.3) is 11.0 Å². The lowest BCUT2D eigenvalue weighted by Gasteiger charge is -2.22. The molecule has 2 heterocycles. The predicted octanol–water partition coefficient (Wildman–Crippen LogP) is 4.50. The largest absolute Gasteiger partial charge is 0.497 e. The predicted molar refractivity (Wildman–Crippen MR) is 126 cm³/mol. The van der Waals surface area contributed by atoms with Crippen molar-refractivity contribution in [3.63, 3.8) is 0 Å². The van der Waals surface area contributed by atoms with E-state index in [0.29, 0.717) is 29.4 Å². The van der Waals surface area contributed by atoms with Crippen LogP contribution in [0.5, 0.6) is 5.75 Å². The number of nitrogens with zero attached hydrogens (tertiary/aromatic N) is 4. The molecule has 8 heteroatoms. The van der Waals surface area contributed by atoms with Crippen molar-refractivity contribution >= 4 is 32.7 Å². The van der Waals surface area contributed by atoms with Crippen molar-refractivity contribution in [2.45, 2.75) is 37.0 Å². The third-order valence-electron chi connectivity index (χ3n) is 6.10. The van der Waals surface area contributed by atoms with E-state index >= 15 is 0 Å². The molecule has 1 aliphatic carbocycles. The third-order valence-corrected chi connectivity index (χ3v) is 7.84. The van der Waals surface area contributed by atoms with Crippen LogP contribution < -0.4 is 13.9 Å². The van der Waals surface area contributed by atoms with Gasteiger partial charge in [-0.25, -0.2) is 22.7 Å². The second-order valence-electron chi connectivity index (χ2n) is 8.15. The molecule has 0 N–H and O–H groups in total. The number of fused-ring (bicyclic) bond motifs is 2. The van der Waals surface area contributed by atoms with Gasteiger partial charge in [-0.05, 0) is 68.5 Å². The first-order valence-electron chi connectivity index (χ1n) is 10.9. The topological polar surface area (TPSA) is 75.6 Å². The van der Waals surface area contributed by atoms with Gasteiger partial charge in [-0.1, -0.05) is 23.8 Å². The first kappa shape index (κ1) is 20.8. The monoisotopic (exact) mass is 450 g/mol. The molecule has 0 amide bonds. The molecule has 2 aliphatic rings. The number of ether oxygens (including phenoxy) is 1. The fourth-order valence-electron chi connectivity index (χ4n) is 4.30. The van der Waals surface area contributed by atoms with Gasteiger partial charge in [-0.15, -0.1) is 0 Å². The van der Waals surface area contributed by atoms with Crippen molar-refractivity contribution in [1.29, 1.82) is 0 Å². The smallest absolute Gasteiger partial charge is 0.267 e. The first-order chi connectivity index (χ1) is 15.6. The zero-order valence-corrected chi connectivity index (χ0v) is 18.9. The third kappa shape index (κ3) is 3.79. The van der Waals surface area contributed by atoms with Gasteiger partial charge in [0.05, 0.1) is 23.0 Å². The van der Waals surface area contributed by atoms with Gasteiger partial charge in [-0.2, -0.15) is 0 Å².